The number of aliphatic carboxylic acids is 1. The van der Waals surface area contributed by atoms with Gasteiger partial charge in [-0.2, -0.15) is 0 Å². The van der Waals surface area contributed by atoms with Crippen LogP contribution in [0.4, 0.5) is 0 Å². The van der Waals surface area contributed by atoms with Crippen LogP contribution in [0.25, 0.3) is 10.6 Å². The zero-order chi connectivity index (χ0) is 17.2. The molecule has 126 valence electrons. The lowest BCUT2D eigenvalue weighted by atomic mass is 9.97. The average Bonchev–Trinajstić information content (AvgIpc) is 3.18. The predicted octanol–water partition coefficient (Wildman–Crippen LogP) is 3.17. The summed E-state index contributed by atoms with van der Waals surface area (Å²) in [6, 6.07) is 8.07. The van der Waals surface area contributed by atoms with E-state index in [1.807, 2.05) is 36.6 Å². The van der Waals surface area contributed by atoms with Crippen molar-refractivity contribution in [2.75, 3.05) is 0 Å². The minimum Gasteiger partial charge on any atom is -0.480 e. The predicted molar refractivity (Wildman–Crippen MR) is 93.0 cm³/mol. The highest BCUT2D eigenvalue weighted by Crippen LogP contribution is 2.30. The molecular weight excluding hydrogens is 324 g/mol. The molecule has 1 aromatic carbocycles. The molecule has 0 spiro atoms. The molecule has 0 atom stereocenters. The standard InChI is InChI=1S/C18H20N2O3S/c1-12-4-6-13(7-5-12)16-19-14(11-24-16)10-15(21)20-18(17(22)23)8-2-3-9-18/h4-7,11H,2-3,8-10H2,1H3,(H,20,21)(H,22,23). The quantitative estimate of drug-likeness (QED) is 0.873. The fraction of sp³-hybridized carbons (Fsp3) is 0.389. The maximum atomic E-state index is 12.3. The van der Waals surface area contributed by atoms with Crippen molar-refractivity contribution in [3.8, 4) is 10.6 Å². The van der Waals surface area contributed by atoms with E-state index >= 15 is 0 Å². The van der Waals surface area contributed by atoms with Gasteiger partial charge in [0.15, 0.2) is 0 Å². The summed E-state index contributed by atoms with van der Waals surface area (Å²) in [4.78, 5) is 28.3. The van der Waals surface area contributed by atoms with Crippen molar-refractivity contribution in [3.63, 3.8) is 0 Å². The molecule has 1 fully saturated rings. The molecule has 3 rings (SSSR count). The van der Waals surface area contributed by atoms with Crippen LogP contribution >= 0.6 is 11.3 Å². The van der Waals surface area contributed by atoms with E-state index < -0.39 is 11.5 Å². The Bertz CT molecular complexity index is 746. The molecule has 0 aliphatic heterocycles. The number of carbonyl (C=O) groups excluding carboxylic acids is 1. The Morgan fingerprint density at radius 2 is 1.92 bits per heavy atom. The van der Waals surface area contributed by atoms with Crippen LogP contribution in [-0.2, 0) is 16.0 Å². The first-order chi connectivity index (χ1) is 11.5. The first kappa shape index (κ1) is 16.6. The van der Waals surface area contributed by atoms with Gasteiger partial charge in [-0.3, -0.25) is 4.79 Å². The number of carboxylic acids is 1. The smallest absolute Gasteiger partial charge is 0.329 e. The van der Waals surface area contributed by atoms with Crippen molar-refractivity contribution in [1.29, 1.82) is 0 Å². The van der Waals surface area contributed by atoms with E-state index in [1.54, 1.807) is 0 Å². The van der Waals surface area contributed by atoms with E-state index in [1.165, 1.54) is 16.9 Å². The van der Waals surface area contributed by atoms with Crippen LogP contribution < -0.4 is 5.32 Å². The number of aromatic nitrogens is 1. The molecule has 1 aliphatic rings. The molecule has 2 aromatic rings. The second-order valence-electron chi connectivity index (χ2n) is 6.33. The molecule has 2 N–H and O–H groups in total. The molecule has 0 radical (unpaired) electrons. The van der Waals surface area contributed by atoms with E-state index in [0.717, 1.165) is 23.4 Å². The highest BCUT2D eigenvalue weighted by atomic mass is 32.1. The maximum Gasteiger partial charge on any atom is 0.329 e. The van der Waals surface area contributed by atoms with Gasteiger partial charge in [-0.25, -0.2) is 9.78 Å². The van der Waals surface area contributed by atoms with E-state index in [0.29, 0.717) is 18.5 Å². The van der Waals surface area contributed by atoms with Crippen LogP contribution in [0, 0.1) is 6.92 Å². The number of aryl methyl sites for hydroxylation is 1. The van der Waals surface area contributed by atoms with Gasteiger partial charge >= 0.3 is 5.97 Å². The number of carboxylic acid groups (broad SMARTS) is 1. The normalized spacial score (nSPS) is 16.0. The second-order valence-corrected chi connectivity index (χ2v) is 7.19. The molecular formula is C18H20N2O3S. The van der Waals surface area contributed by atoms with Crippen molar-refractivity contribution in [3.05, 3.63) is 40.9 Å². The fourth-order valence-electron chi connectivity index (χ4n) is 3.06. The van der Waals surface area contributed by atoms with Crippen LogP contribution in [0.5, 0.6) is 0 Å². The summed E-state index contributed by atoms with van der Waals surface area (Å²) in [6.45, 7) is 2.03. The zero-order valence-corrected chi connectivity index (χ0v) is 14.4. The molecule has 1 aliphatic carbocycles. The third-order valence-electron chi connectivity index (χ3n) is 4.44. The average molecular weight is 344 g/mol. The Labute approximate surface area is 144 Å². The largest absolute Gasteiger partial charge is 0.480 e. The third kappa shape index (κ3) is 3.48. The Balaban J connectivity index is 1.67. The number of rotatable bonds is 5. The van der Waals surface area contributed by atoms with Crippen LogP contribution in [0.2, 0.25) is 0 Å². The molecule has 0 unspecified atom stereocenters. The van der Waals surface area contributed by atoms with E-state index in [2.05, 4.69) is 10.3 Å². The first-order valence-corrected chi connectivity index (χ1v) is 8.92. The molecule has 0 saturated heterocycles. The number of hydrogen-bond acceptors (Lipinski definition) is 4. The number of carbonyl (C=O) groups is 2. The van der Waals surface area contributed by atoms with Crippen molar-refractivity contribution < 1.29 is 14.7 Å². The highest BCUT2D eigenvalue weighted by Gasteiger charge is 2.42. The lowest BCUT2D eigenvalue weighted by molar-refractivity contribution is -0.147. The number of nitrogens with one attached hydrogen (secondary N) is 1. The van der Waals surface area contributed by atoms with E-state index in [4.69, 9.17) is 0 Å². The topological polar surface area (TPSA) is 79.3 Å². The van der Waals surface area contributed by atoms with Gasteiger partial charge in [0.25, 0.3) is 0 Å². The summed E-state index contributed by atoms with van der Waals surface area (Å²) >= 11 is 1.49. The van der Waals surface area contributed by atoms with Crippen LogP contribution in [-0.4, -0.2) is 27.5 Å². The number of amides is 1. The molecule has 6 heteroatoms. The fourth-order valence-corrected chi connectivity index (χ4v) is 3.89. The van der Waals surface area contributed by atoms with Gasteiger partial charge in [-0.1, -0.05) is 42.7 Å². The Morgan fingerprint density at radius 1 is 1.25 bits per heavy atom. The summed E-state index contributed by atoms with van der Waals surface area (Å²) < 4.78 is 0. The van der Waals surface area contributed by atoms with Crippen LogP contribution in [0.15, 0.2) is 29.6 Å². The SMILES string of the molecule is Cc1ccc(-c2nc(CC(=O)NC3(C(=O)O)CCCC3)cs2)cc1. The number of nitrogens with zero attached hydrogens (tertiary/aromatic N) is 1. The molecule has 1 amide bonds. The van der Waals surface area contributed by atoms with Crippen molar-refractivity contribution in [2.24, 2.45) is 0 Å². The van der Waals surface area contributed by atoms with Gasteiger partial charge in [0.05, 0.1) is 12.1 Å². The van der Waals surface area contributed by atoms with Crippen molar-refractivity contribution in [2.45, 2.75) is 44.6 Å². The summed E-state index contributed by atoms with van der Waals surface area (Å²) in [6.07, 6.45) is 2.78. The third-order valence-corrected chi connectivity index (χ3v) is 5.38. The molecule has 5 nitrogen and oxygen atoms in total. The lowest BCUT2D eigenvalue weighted by Gasteiger charge is -2.25. The van der Waals surface area contributed by atoms with Gasteiger partial charge in [0, 0.05) is 10.9 Å². The molecule has 24 heavy (non-hydrogen) atoms. The Kier molecular flexibility index (Phi) is 4.66. The maximum absolute atomic E-state index is 12.3. The number of thiazole rings is 1. The Hall–Kier alpha value is -2.21. The summed E-state index contributed by atoms with van der Waals surface area (Å²) in [7, 11) is 0. The molecule has 1 heterocycles. The Morgan fingerprint density at radius 3 is 2.54 bits per heavy atom. The van der Waals surface area contributed by atoms with Gasteiger partial charge < -0.3 is 10.4 Å². The minimum absolute atomic E-state index is 0.109. The van der Waals surface area contributed by atoms with Crippen LogP contribution in [0.3, 0.4) is 0 Å². The first-order valence-electron chi connectivity index (χ1n) is 8.04. The summed E-state index contributed by atoms with van der Waals surface area (Å²) in [5.74, 6) is -1.22. The molecule has 1 aromatic heterocycles. The van der Waals surface area contributed by atoms with Crippen molar-refractivity contribution >= 4 is 23.2 Å². The summed E-state index contributed by atoms with van der Waals surface area (Å²) in [5, 5.41) is 14.9. The number of hydrogen-bond donors (Lipinski definition) is 2. The van der Waals surface area contributed by atoms with Gasteiger partial charge in [-0.05, 0) is 19.8 Å². The van der Waals surface area contributed by atoms with Gasteiger partial charge in [-0.15, -0.1) is 11.3 Å². The minimum atomic E-state index is -1.09. The van der Waals surface area contributed by atoms with Crippen LogP contribution in [0.1, 0.15) is 36.9 Å². The molecule has 0 bridgehead atoms. The summed E-state index contributed by atoms with van der Waals surface area (Å²) in [5.41, 5.74) is 1.79. The number of benzene rings is 1. The van der Waals surface area contributed by atoms with E-state index in [-0.39, 0.29) is 12.3 Å². The van der Waals surface area contributed by atoms with E-state index in [9.17, 15) is 14.7 Å². The highest BCUT2D eigenvalue weighted by molar-refractivity contribution is 7.13. The van der Waals surface area contributed by atoms with Crippen molar-refractivity contribution in [1.82, 2.24) is 10.3 Å². The zero-order valence-electron chi connectivity index (χ0n) is 13.5. The lowest BCUT2D eigenvalue weighted by Crippen LogP contribution is -2.52. The molecule has 1 saturated carbocycles. The van der Waals surface area contributed by atoms with Gasteiger partial charge in [0.2, 0.25) is 5.91 Å². The van der Waals surface area contributed by atoms with Gasteiger partial charge in [0.1, 0.15) is 10.5 Å². The second kappa shape index (κ2) is 6.73. The monoisotopic (exact) mass is 344 g/mol.